The van der Waals surface area contributed by atoms with E-state index >= 15 is 0 Å². The summed E-state index contributed by atoms with van der Waals surface area (Å²) in [4.78, 5) is 33.3. The highest BCUT2D eigenvalue weighted by atomic mass is 16.5. The Hall–Kier alpha value is -1.59. The van der Waals surface area contributed by atoms with Crippen LogP contribution < -0.4 is 5.32 Å². The fourth-order valence-electron chi connectivity index (χ4n) is 0.885. The predicted molar refractivity (Wildman–Crippen MR) is 55.7 cm³/mol. The number of esters is 1. The van der Waals surface area contributed by atoms with Crippen LogP contribution in [0.2, 0.25) is 0 Å². The number of nitrogens with one attached hydrogen (secondary N) is 1. The standard InChI is InChI=1S/C10H17NO5/c1-10(2,3)9(15)11-6(5-7(12)13)8(14)16-4/h6H,5H2,1-4H3,(H,11,15)(H,12,13)/t6-/m0/s1. The minimum atomic E-state index is -1.18. The molecule has 0 bridgehead atoms. The summed E-state index contributed by atoms with van der Waals surface area (Å²) in [5.41, 5.74) is -0.690. The number of hydrogen-bond donors (Lipinski definition) is 2. The molecule has 1 atom stereocenters. The van der Waals surface area contributed by atoms with Crippen molar-refractivity contribution in [2.75, 3.05) is 7.11 Å². The smallest absolute Gasteiger partial charge is 0.328 e. The highest BCUT2D eigenvalue weighted by molar-refractivity contribution is 5.89. The van der Waals surface area contributed by atoms with Gasteiger partial charge in [-0.25, -0.2) is 4.79 Å². The number of carbonyl (C=O) groups is 3. The number of carbonyl (C=O) groups excluding carboxylic acids is 2. The van der Waals surface area contributed by atoms with Gasteiger partial charge in [-0.05, 0) is 0 Å². The number of carboxylic acids is 1. The summed E-state index contributed by atoms with van der Waals surface area (Å²) in [6, 6.07) is -1.14. The summed E-state index contributed by atoms with van der Waals surface area (Å²) < 4.78 is 4.41. The van der Waals surface area contributed by atoms with Crippen molar-refractivity contribution in [3.63, 3.8) is 0 Å². The van der Waals surface area contributed by atoms with Crippen molar-refractivity contribution >= 4 is 17.8 Å². The maximum absolute atomic E-state index is 11.6. The summed E-state index contributed by atoms with van der Waals surface area (Å²) in [7, 11) is 1.14. The van der Waals surface area contributed by atoms with Crippen LogP contribution in [-0.4, -0.2) is 36.1 Å². The summed E-state index contributed by atoms with van der Waals surface area (Å²) in [5.74, 6) is -2.34. The van der Waals surface area contributed by atoms with E-state index in [2.05, 4.69) is 10.1 Å². The zero-order valence-electron chi connectivity index (χ0n) is 9.86. The predicted octanol–water partition coefficient (Wildman–Crippen LogP) is 0.165. The number of rotatable bonds is 4. The Morgan fingerprint density at radius 3 is 2.12 bits per heavy atom. The second-order valence-electron chi connectivity index (χ2n) is 4.40. The maximum atomic E-state index is 11.6. The minimum Gasteiger partial charge on any atom is -0.481 e. The van der Waals surface area contributed by atoms with Gasteiger partial charge in [0.2, 0.25) is 5.91 Å². The van der Waals surface area contributed by atoms with E-state index in [1.807, 2.05) is 0 Å². The SMILES string of the molecule is COC(=O)[C@H](CC(=O)O)NC(=O)C(C)(C)C. The average molecular weight is 231 g/mol. The molecule has 92 valence electrons. The largest absolute Gasteiger partial charge is 0.481 e. The molecule has 0 fully saturated rings. The number of ether oxygens (including phenoxy) is 1. The van der Waals surface area contributed by atoms with Gasteiger partial charge < -0.3 is 15.2 Å². The van der Waals surface area contributed by atoms with Crippen LogP contribution in [-0.2, 0) is 19.1 Å². The van der Waals surface area contributed by atoms with E-state index < -0.39 is 35.7 Å². The lowest BCUT2D eigenvalue weighted by Crippen LogP contribution is -2.47. The summed E-state index contributed by atoms with van der Waals surface area (Å²) >= 11 is 0. The van der Waals surface area contributed by atoms with Crippen LogP contribution in [0, 0.1) is 5.41 Å². The molecule has 0 aliphatic heterocycles. The quantitative estimate of drug-likeness (QED) is 0.672. The molecule has 16 heavy (non-hydrogen) atoms. The van der Waals surface area contributed by atoms with Gasteiger partial charge in [-0.2, -0.15) is 0 Å². The third-order valence-electron chi connectivity index (χ3n) is 1.85. The van der Waals surface area contributed by atoms with Crippen LogP contribution in [0.15, 0.2) is 0 Å². The van der Waals surface area contributed by atoms with Crippen molar-refractivity contribution in [3.05, 3.63) is 0 Å². The molecule has 0 spiro atoms. The molecular weight excluding hydrogens is 214 g/mol. The van der Waals surface area contributed by atoms with Crippen molar-refractivity contribution in [2.45, 2.75) is 33.2 Å². The Kier molecular flexibility index (Phi) is 4.94. The monoisotopic (exact) mass is 231 g/mol. The molecule has 0 saturated carbocycles. The molecule has 0 radical (unpaired) electrons. The molecule has 0 aliphatic carbocycles. The molecule has 0 saturated heterocycles. The lowest BCUT2D eigenvalue weighted by Gasteiger charge is -2.21. The van der Waals surface area contributed by atoms with E-state index in [1.54, 1.807) is 20.8 Å². The molecule has 0 aromatic heterocycles. The Bertz CT molecular complexity index is 292. The second kappa shape index (κ2) is 5.48. The molecule has 0 aromatic carbocycles. The van der Waals surface area contributed by atoms with Gasteiger partial charge in [-0.15, -0.1) is 0 Å². The van der Waals surface area contributed by atoms with Gasteiger partial charge in [0.1, 0.15) is 6.04 Å². The first-order chi connectivity index (χ1) is 7.18. The van der Waals surface area contributed by atoms with Gasteiger partial charge in [-0.1, -0.05) is 20.8 Å². The normalized spacial score (nSPS) is 12.8. The first-order valence-electron chi connectivity index (χ1n) is 4.79. The Balaban J connectivity index is 4.61. The Morgan fingerprint density at radius 1 is 1.31 bits per heavy atom. The summed E-state index contributed by atoms with van der Waals surface area (Å²) in [6.45, 7) is 4.99. The number of carboxylic acid groups (broad SMARTS) is 1. The first-order valence-corrected chi connectivity index (χ1v) is 4.79. The van der Waals surface area contributed by atoms with E-state index in [1.165, 1.54) is 0 Å². The Labute approximate surface area is 94.0 Å². The van der Waals surface area contributed by atoms with Gasteiger partial charge in [0.15, 0.2) is 0 Å². The lowest BCUT2D eigenvalue weighted by atomic mass is 9.95. The van der Waals surface area contributed by atoms with Crippen molar-refractivity contribution < 1.29 is 24.2 Å². The van der Waals surface area contributed by atoms with Gasteiger partial charge in [-0.3, -0.25) is 9.59 Å². The topological polar surface area (TPSA) is 92.7 Å². The lowest BCUT2D eigenvalue weighted by molar-refractivity contribution is -0.150. The van der Waals surface area contributed by atoms with Crippen LogP contribution in [0.1, 0.15) is 27.2 Å². The fraction of sp³-hybridized carbons (Fsp3) is 0.700. The van der Waals surface area contributed by atoms with E-state index in [0.29, 0.717) is 0 Å². The number of hydrogen-bond acceptors (Lipinski definition) is 4. The second-order valence-corrected chi connectivity index (χ2v) is 4.40. The van der Waals surface area contributed by atoms with Crippen LogP contribution in [0.4, 0.5) is 0 Å². The number of amides is 1. The fourth-order valence-corrected chi connectivity index (χ4v) is 0.885. The van der Waals surface area contributed by atoms with E-state index in [-0.39, 0.29) is 0 Å². The van der Waals surface area contributed by atoms with Crippen LogP contribution in [0.3, 0.4) is 0 Å². The average Bonchev–Trinajstić information content (AvgIpc) is 2.13. The van der Waals surface area contributed by atoms with Crippen molar-refractivity contribution in [1.82, 2.24) is 5.32 Å². The molecule has 6 nitrogen and oxygen atoms in total. The molecule has 0 aliphatic rings. The molecule has 2 N–H and O–H groups in total. The first kappa shape index (κ1) is 14.4. The molecule has 6 heteroatoms. The van der Waals surface area contributed by atoms with E-state index in [0.717, 1.165) is 7.11 Å². The Morgan fingerprint density at radius 2 is 1.81 bits per heavy atom. The maximum Gasteiger partial charge on any atom is 0.328 e. The highest BCUT2D eigenvalue weighted by Crippen LogP contribution is 2.13. The van der Waals surface area contributed by atoms with E-state index in [4.69, 9.17) is 5.11 Å². The summed E-state index contributed by atoms with van der Waals surface area (Å²) in [6.07, 6.45) is -0.492. The molecule has 1 amide bonds. The summed E-state index contributed by atoms with van der Waals surface area (Å²) in [5, 5.41) is 10.9. The van der Waals surface area contributed by atoms with Crippen molar-refractivity contribution in [2.24, 2.45) is 5.41 Å². The van der Waals surface area contributed by atoms with Crippen LogP contribution >= 0.6 is 0 Å². The van der Waals surface area contributed by atoms with Crippen molar-refractivity contribution in [3.8, 4) is 0 Å². The van der Waals surface area contributed by atoms with Crippen molar-refractivity contribution in [1.29, 1.82) is 0 Å². The van der Waals surface area contributed by atoms with Gasteiger partial charge in [0, 0.05) is 5.41 Å². The molecule has 0 rings (SSSR count). The van der Waals surface area contributed by atoms with Gasteiger partial charge in [0.05, 0.1) is 13.5 Å². The molecular formula is C10H17NO5. The van der Waals surface area contributed by atoms with Crippen LogP contribution in [0.25, 0.3) is 0 Å². The van der Waals surface area contributed by atoms with Gasteiger partial charge in [0.25, 0.3) is 0 Å². The third kappa shape index (κ3) is 4.77. The van der Waals surface area contributed by atoms with Crippen LogP contribution in [0.5, 0.6) is 0 Å². The third-order valence-corrected chi connectivity index (χ3v) is 1.85. The number of aliphatic carboxylic acids is 1. The minimum absolute atomic E-state index is 0.399. The zero-order chi connectivity index (χ0) is 12.9. The highest BCUT2D eigenvalue weighted by Gasteiger charge is 2.29. The zero-order valence-corrected chi connectivity index (χ0v) is 9.86. The van der Waals surface area contributed by atoms with E-state index in [9.17, 15) is 14.4 Å². The molecule has 0 unspecified atom stereocenters. The molecule has 0 heterocycles. The number of methoxy groups -OCH3 is 1. The molecule has 0 aromatic rings. The van der Waals surface area contributed by atoms with Gasteiger partial charge >= 0.3 is 11.9 Å².